The first-order valence-corrected chi connectivity index (χ1v) is 9.35. The summed E-state index contributed by atoms with van der Waals surface area (Å²) in [6.45, 7) is 4.12. The standard InChI is InChI=1S/C14H19N3O3S2/c1-3-5-13-16-12(17-20-13)9-22(19)10(2)14(18)15-8-11-6-4-7-21-11/h4,6-7,10H,3,5,8-9H2,1-2H3,(H,15,18)/t10-,22+/m1/s1. The first kappa shape index (κ1) is 16.8. The molecule has 6 nitrogen and oxygen atoms in total. The Morgan fingerprint density at radius 1 is 1.55 bits per heavy atom. The zero-order valence-corrected chi connectivity index (χ0v) is 14.2. The molecular weight excluding hydrogens is 322 g/mol. The van der Waals surface area contributed by atoms with Crippen molar-refractivity contribution in [3.63, 3.8) is 0 Å². The minimum atomic E-state index is -1.38. The van der Waals surface area contributed by atoms with Crippen LogP contribution in [0.5, 0.6) is 0 Å². The molecule has 8 heteroatoms. The van der Waals surface area contributed by atoms with E-state index >= 15 is 0 Å². The van der Waals surface area contributed by atoms with Crippen LogP contribution in [-0.2, 0) is 34.3 Å². The van der Waals surface area contributed by atoms with Gasteiger partial charge in [-0.3, -0.25) is 9.00 Å². The molecule has 0 aliphatic rings. The molecular formula is C14H19N3O3S2. The quantitative estimate of drug-likeness (QED) is 0.794. The van der Waals surface area contributed by atoms with Gasteiger partial charge >= 0.3 is 0 Å². The molecule has 120 valence electrons. The average molecular weight is 341 g/mol. The second-order valence-electron chi connectivity index (χ2n) is 4.82. The number of aryl methyl sites for hydroxylation is 1. The van der Waals surface area contributed by atoms with Crippen LogP contribution in [0.4, 0.5) is 0 Å². The predicted octanol–water partition coefficient (Wildman–Crippen LogP) is 2.04. The third-order valence-corrected chi connectivity index (χ3v) is 5.45. The van der Waals surface area contributed by atoms with E-state index in [4.69, 9.17) is 4.52 Å². The predicted molar refractivity (Wildman–Crippen MR) is 85.8 cm³/mol. The SMILES string of the molecule is CCCc1nc(C[S@](=O)[C@H](C)C(=O)NCc2cccs2)no1. The number of nitrogens with one attached hydrogen (secondary N) is 1. The number of hydrogen-bond donors (Lipinski definition) is 1. The summed E-state index contributed by atoms with van der Waals surface area (Å²) in [5, 5.41) is 7.92. The summed E-state index contributed by atoms with van der Waals surface area (Å²) in [6, 6.07) is 3.87. The van der Waals surface area contributed by atoms with Crippen LogP contribution in [0.2, 0.25) is 0 Å². The van der Waals surface area contributed by atoms with Gasteiger partial charge in [0, 0.05) is 22.1 Å². The van der Waals surface area contributed by atoms with Crippen molar-refractivity contribution in [3.8, 4) is 0 Å². The monoisotopic (exact) mass is 341 g/mol. The highest BCUT2D eigenvalue weighted by atomic mass is 32.2. The molecule has 0 aliphatic heterocycles. The van der Waals surface area contributed by atoms with Gasteiger partial charge in [-0.15, -0.1) is 11.3 Å². The third-order valence-electron chi connectivity index (χ3n) is 3.03. The van der Waals surface area contributed by atoms with Crippen LogP contribution in [-0.4, -0.2) is 25.5 Å². The molecule has 1 amide bonds. The summed E-state index contributed by atoms with van der Waals surface area (Å²) in [6.07, 6.45) is 1.61. The third kappa shape index (κ3) is 4.74. The lowest BCUT2D eigenvalue weighted by molar-refractivity contribution is -0.120. The molecule has 2 rings (SSSR count). The highest BCUT2D eigenvalue weighted by molar-refractivity contribution is 7.85. The lowest BCUT2D eigenvalue weighted by atomic mass is 10.3. The van der Waals surface area contributed by atoms with Gasteiger partial charge in [0.1, 0.15) is 5.25 Å². The number of nitrogens with zero attached hydrogens (tertiary/aromatic N) is 2. The van der Waals surface area contributed by atoms with Gasteiger partial charge in [0.15, 0.2) is 5.82 Å². The van der Waals surface area contributed by atoms with E-state index in [0.717, 1.165) is 11.3 Å². The first-order chi connectivity index (χ1) is 10.6. The Morgan fingerprint density at radius 2 is 2.36 bits per heavy atom. The number of thiophene rings is 1. The smallest absolute Gasteiger partial charge is 0.235 e. The number of amides is 1. The van der Waals surface area contributed by atoms with Gasteiger partial charge in [0.25, 0.3) is 0 Å². The molecule has 0 spiro atoms. The first-order valence-electron chi connectivity index (χ1n) is 7.09. The van der Waals surface area contributed by atoms with Crippen LogP contribution in [0.1, 0.15) is 36.9 Å². The molecule has 2 atom stereocenters. The lowest BCUT2D eigenvalue weighted by Gasteiger charge is -2.10. The molecule has 0 aromatic carbocycles. The van der Waals surface area contributed by atoms with E-state index in [9.17, 15) is 9.00 Å². The number of aromatic nitrogens is 2. The van der Waals surface area contributed by atoms with Gasteiger partial charge < -0.3 is 9.84 Å². The topological polar surface area (TPSA) is 85.1 Å². The van der Waals surface area contributed by atoms with Crippen molar-refractivity contribution in [1.82, 2.24) is 15.5 Å². The molecule has 1 N–H and O–H groups in total. The molecule has 0 aliphatic carbocycles. The fraction of sp³-hybridized carbons (Fsp3) is 0.500. The fourth-order valence-electron chi connectivity index (χ4n) is 1.77. The van der Waals surface area contributed by atoms with Crippen molar-refractivity contribution in [2.24, 2.45) is 0 Å². The van der Waals surface area contributed by atoms with Crippen molar-refractivity contribution in [1.29, 1.82) is 0 Å². The molecule has 0 unspecified atom stereocenters. The number of hydrogen-bond acceptors (Lipinski definition) is 6. The Kier molecular flexibility index (Phi) is 6.26. The van der Waals surface area contributed by atoms with Crippen LogP contribution in [0.25, 0.3) is 0 Å². The van der Waals surface area contributed by atoms with Gasteiger partial charge in [-0.05, 0) is 24.8 Å². The Bertz CT molecular complexity index is 625. The van der Waals surface area contributed by atoms with E-state index in [0.29, 0.717) is 24.7 Å². The average Bonchev–Trinajstić information content (AvgIpc) is 3.16. The zero-order chi connectivity index (χ0) is 15.9. The molecule has 2 heterocycles. The highest BCUT2D eigenvalue weighted by Crippen LogP contribution is 2.09. The lowest BCUT2D eigenvalue weighted by Crippen LogP contribution is -2.35. The molecule has 2 aromatic rings. The Morgan fingerprint density at radius 3 is 3.05 bits per heavy atom. The number of carbonyl (C=O) groups is 1. The summed E-state index contributed by atoms with van der Waals surface area (Å²) >= 11 is 1.57. The van der Waals surface area contributed by atoms with Crippen molar-refractivity contribution in [2.45, 2.75) is 44.2 Å². The van der Waals surface area contributed by atoms with Crippen LogP contribution < -0.4 is 5.32 Å². The van der Waals surface area contributed by atoms with Crippen LogP contribution in [0.15, 0.2) is 22.0 Å². The van der Waals surface area contributed by atoms with Gasteiger partial charge in [-0.25, -0.2) is 0 Å². The van der Waals surface area contributed by atoms with Crippen molar-refractivity contribution >= 4 is 28.0 Å². The van der Waals surface area contributed by atoms with Crippen molar-refractivity contribution < 1.29 is 13.5 Å². The van der Waals surface area contributed by atoms with Gasteiger partial charge in [-0.1, -0.05) is 18.1 Å². The van der Waals surface area contributed by atoms with Crippen molar-refractivity contribution in [2.75, 3.05) is 0 Å². The maximum atomic E-state index is 12.2. The second-order valence-corrected chi connectivity index (χ2v) is 7.61. The maximum absolute atomic E-state index is 12.2. The maximum Gasteiger partial charge on any atom is 0.235 e. The van der Waals surface area contributed by atoms with Crippen molar-refractivity contribution in [3.05, 3.63) is 34.1 Å². The van der Waals surface area contributed by atoms with Gasteiger partial charge in [0.2, 0.25) is 11.8 Å². The summed E-state index contributed by atoms with van der Waals surface area (Å²) < 4.78 is 17.3. The summed E-state index contributed by atoms with van der Waals surface area (Å²) in [7, 11) is -1.38. The molecule has 0 saturated carbocycles. The molecule has 0 fully saturated rings. The minimum Gasteiger partial charge on any atom is -0.350 e. The number of carbonyl (C=O) groups excluding carboxylic acids is 1. The van der Waals surface area contributed by atoms with Gasteiger partial charge in [0.05, 0.1) is 12.3 Å². The second kappa shape index (κ2) is 8.19. The molecule has 22 heavy (non-hydrogen) atoms. The molecule has 0 radical (unpaired) electrons. The largest absolute Gasteiger partial charge is 0.350 e. The van der Waals surface area contributed by atoms with E-state index in [2.05, 4.69) is 15.5 Å². The Balaban J connectivity index is 1.83. The highest BCUT2D eigenvalue weighted by Gasteiger charge is 2.22. The molecule has 2 aromatic heterocycles. The van der Waals surface area contributed by atoms with E-state index in [1.807, 2.05) is 24.4 Å². The van der Waals surface area contributed by atoms with Crippen LogP contribution in [0.3, 0.4) is 0 Å². The normalized spacial score (nSPS) is 13.7. The summed E-state index contributed by atoms with van der Waals surface area (Å²) in [4.78, 5) is 17.2. The Labute approximate surface area is 135 Å². The van der Waals surface area contributed by atoms with E-state index in [1.165, 1.54) is 0 Å². The Hall–Kier alpha value is -1.54. The van der Waals surface area contributed by atoms with E-state index in [-0.39, 0.29) is 11.7 Å². The zero-order valence-electron chi connectivity index (χ0n) is 12.6. The fourth-order valence-corrected chi connectivity index (χ4v) is 3.36. The summed E-state index contributed by atoms with van der Waals surface area (Å²) in [5.74, 6) is 0.828. The molecule has 0 bridgehead atoms. The molecule has 0 saturated heterocycles. The van der Waals surface area contributed by atoms with Crippen LogP contribution >= 0.6 is 11.3 Å². The summed E-state index contributed by atoms with van der Waals surface area (Å²) in [5.41, 5.74) is 0. The van der Waals surface area contributed by atoms with Gasteiger partial charge in [-0.2, -0.15) is 4.98 Å². The van der Waals surface area contributed by atoms with Crippen LogP contribution in [0, 0.1) is 0 Å². The number of rotatable bonds is 8. The van der Waals surface area contributed by atoms with E-state index < -0.39 is 16.0 Å². The minimum absolute atomic E-state index is 0.126. The van der Waals surface area contributed by atoms with E-state index in [1.54, 1.807) is 18.3 Å².